The summed E-state index contributed by atoms with van der Waals surface area (Å²) in [5, 5.41) is 31.0. The predicted octanol–water partition coefficient (Wildman–Crippen LogP) is 7.16. The van der Waals surface area contributed by atoms with E-state index in [9.17, 15) is 20.1 Å². The molecule has 6 rings (SSSR count). The van der Waals surface area contributed by atoms with Gasteiger partial charge < -0.3 is 29.5 Å². The number of benzene rings is 4. The molecule has 0 aromatic heterocycles. The number of aryl methyl sites for hydroxylation is 1. The third-order valence-corrected chi connectivity index (χ3v) is 8.33. The van der Waals surface area contributed by atoms with Crippen molar-refractivity contribution in [3.05, 3.63) is 113 Å². The van der Waals surface area contributed by atoms with Gasteiger partial charge in [-0.15, -0.1) is 0 Å². The van der Waals surface area contributed by atoms with Crippen LogP contribution in [-0.4, -0.2) is 34.3 Å². The SMILES string of the molecule is COc1cc(O)c([C@H]2CC(c3ccc(O)cc3)O[C@@H](CCc3ccc(O)cc3)C2)c2c1C(=O)CC(c1ccccc1)O2. The van der Waals surface area contributed by atoms with E-state index < -0.39 is 6.10 Å². The Balaban J connectivity index is 1.37. The van der Waals surface area contributed by atoms with E-state index in [4.69, 9.17) is 14.2 Å². The first kappa shape index (κ1) is 27.7. The number of aromatic hydroxyl groups is 3. The molecule has 4 aromatic rings. The number of rotatable bonds is 7. The molecular weight excluding hydrogens is 532 g/mol. The van der Waals surface area contributed by atoms with Gasteiger partial charge in [0, 0.05) is 11.6 Å². The standard InChI is InChI=1S/C35H34O7/c1-40-32-20-28(38)33(35-34(32)29(39)19-31(42-35)22-5-3-2-4-6-22)24-17-27(16-9-21-7-12-25(36)13-8-21)41-30(18-24)23-10-14-26(37)15-11-23/h2-8,10-15,20,24,27,30-31,36-38H,9,16-19H2,1H3/t24-,27+,30?,31?/m1/s1. The van der Waals surface area contributed by atoms with Gasteiger partial charge in [-0.1, -0.05) is 54.6 Å². The molecule has 0 amide bonds. The molecule has 42 heavy (non-hydrogen) atoms. The van der Waals surface area contributed by atoms with Crippen LogP contribution < -0.4 is 9.47 Å². The maximum absolute atomic E-state index is 13.6. The van der Waals surface area contributed by atoms with E-state index in [1.807, 2.05) is 54.6 Å². The lowest BCUT2D eigenvalue weighted by Gasteiger charge is -2.38. The number of hydrogen-bond acceptors (Lipinski definition) is 7. The monoisotopic (exact) mass is 566 g/mol. The van der Waals surface area contributed by atoms with Crippen LogP contribution >= 0.6 is 0 Å². The van der Waals surface area contributed by atoms with Crippen LogP contribution in [0.25, 0.3) is 0 Å². The zero-order valence-electron chi connectivity index (χ0n) is 23.4. The second kappa shape index (κ2) is 11.8. The Morgan fingerprint density at radius 2 is 1.50 bits per heavy atom. The molecule has 1 fully saturated rings. The molecule has 0 aliphatic carbocycles. The Bertz CT molecular complexity index is 1550. The topological polar surface area (TPSA) is 105 Å². The fourth-order valence-corrected chi connectivity index (χ4v) is 6.22. The molecular formula is C35H34O7. The molecule has 216 valence electrons. The van der Waals surface area contributed by atoms with Gasteiger partial charge in [-0.3, -0.25) is 4.79 Å². The van der Waals surface area contributed by atoms with E-state index in [2.05, 4.69) is 0 Å². The number of phenols is 3. The Morgan fingerprint density at radius 3 is 2.19 bits per heavy atom. The summed E-state index contributed by atoms with van der Waals surface area (Å²) in [6, 6.07) is 25.3. The minimum absolute atomic E-state index is 0.0285. The fraction of sp³-hybridized carbons (Fsp3) is 0.286. The molecule has 3 N–H and O–H groups in total. The second-order valence-electron chi connectivity index (χ2n) is 11.1. The maximum atomic E-state index is 13.6. The molecule has 2 unspecified atom stereocenters. The van der Waals surface area contributed by atoms with Crippen LogP contribution in [0.3, 0.4) is 0 Å². The van der Waals surface area contributed by atoms with Crippen LogP contribution in [0.5, 0.6) is 28.7 Å². The molecule has 0 spiro atoms. The zero-order valence-corrected chi connectivity index (χ0v) is 23.4. The van der Waals surface area contributed by atoms with E-state index in [-0.39, 0.29) is 47.6 Å². The van der Waals surface area contributed by atoms with Gasteiger partial charge in [-0.25, -0.2) is 0 Å². The average Bonchev–Trinajstić information content (AvgIpc) is 3.00. The Kier molecular flexibility index (Phi) is 7.76. The van der Waals surface area contributed by atoms with Gasteiger partial charge in [-0.05, 0) is 72.6 Å². The van der Waals surface area contributed by atoms with Crippen LogP contribution in [0.1, 0.15) is 76.4 Å². The highest BCUT2D eigenvalue weighted by Crippen LogP contribution is 2.53. The molecule has 4 aromatic carbocycles. The normalized spacial score (nSPS) is 21.8. The smallest absolute Gasteiger partial charge is 0.174 e. The number of hydrogen-bond donors (Lipinski definition) is 3. The van der Waals surface area contributed by atoms with Crippen molar-refractivity contribution in [1.29, 1.82) is 0 Å². The Labute approximate surface area is 244 Å². The van der Waals surface area contributed by atoms with Crippen molar-refractivity contribution >= 4 is 5.78 Å². The van der Waals surface area contributed by atoms with Crippen molar-refractivity contribution in [2.24, 2.45) is 0 Å². The van der Waals surface area contributed by atoms with E-state index in [0.29, 0.717) is 35.5 Å². The van der Waals surface area contributed by atoms with Crippen molar-refractivity contribution in [3.8, 4) is 28.7 Å². The molecule has 0 saturated carbocycles. The zero-order chi connectivity index (χ0) is 29.2. The lowest BCUT2D eigenvalue weighted by atomic mass is 9.80. The number of carbonyl (C=O) groups excluding carboxylic acids is 1. The second-order valence-corrected chi connectivity index (χ2v) is 11.1. The van der Waals surface area contributed by atoms with Crippen molar-refractivity contribution in [2.75, 3.05) is 7.11 Å². The highest BCUT2D eigenvalue weighted by molar-refractivity contribution is 6.03. The maximum Gasteiger partial charge on any atom is 0.174 e. The van der Waals surface area contributed by atoms with Gasteiger partial charge in [0.25, 0.3) is 0 Å². The summed E-state index contributed by atoms with van der Waals surface area (Å²) in [6.45, 7) is 0. The lowest BCUT2D eigenvalue weighted by molar-refractivity contribution is -0.0634. The summed E-state index contributed by atoms with van der Waals surface area (Å²) in [5.74, 6) is 0.845. The van der Waals surface area contributed by atoms with Crippen LogP contribution in [0, 0.1) is 0 Å². The third-order valence-electron chi connectivity index (χ3n) is 8.33. The van der Waals surface area contributed by atoms with Crippen LogP contribution in [0.15, 0.2) is 84.9 Å². The summed E-state index contributed by atoms with van der Waals surface area (Å²) in [4.78, 5) is 13.6. The lowest BCUT2D eigenvalue weighted by Crippen LogP contribution is -2.29. The predicted molar refractivity (Wildman–Crippen MR) is 158 cm³/mol. The summed E-state index contributed by atoms with van der Waals surface area (Å²) in [5.41, 5.74) is 3.87. The van der Waals surface area contributed by atoms with E-state index >= 15 is 0 Å². The van der Waals surface area contributed by atoms with Gasteiger partial charge in [0.1, 0.15) is 40.4 Å². The number of phenolic OH excluding ortho intramolecular Hbond substituents is 3. The number of methoxy groups -OCH3 is 1. The van der Waals surface area contributed by atoms with Crippen LogP contribution in [0.4, 0.5) is 0 Å². The molecule has 7 heteroatoms. The van der Waals surface area contributed by atoms with E-state index in [0.717, 1.165) is 29.5 Å². The fourth-order valence-electron chi connectivity index (χ4n) is 6.22. The molecule has 4 atom stereocenters. The summed E-state index contributed by atoms with van der Waals surface area (Å²) in [7, 11) is 1.49. The molecule has 0 radical (unpaired) electrons. The summed E-state index contributed by atoms with van der Waals surface area (Å²) >= 11 is 0. The van der Waals surface area contributed by atoms with E-state index in [1.54, 1.807) is 24.3 Å². The molecule has 7 nitrogen and oxygen atoms in total. The van der Waals surface area contributed by atoms with Crippen molar-refractivity contribution in [3.63, 3.8) is 0 Å². The average molecular weight is 567 g/mol. The number of ketones is 1. The minimum Gasteiger partial charge on any atom is -0.508 e. The Morgan fingerprint density at radius 1 is 0.833 bits per heavy atom. The van der Waals surface area contributed by atoms with E-state index in [1.165, 1.54) is 13.2 Å². The largest absolute Gasteiger partial charge is 0.508 e. The number of carbonyl (C=O) groups is 1. The van der Waals surface area contributed by atoms with Crippen LogP contribution in [0.2, 0.25) is 0 Å². The van der Waals surface area contributed by atoms with Crippen molar-refractivity contribution < 1.29 is 34.3 Å². The van der Waals surface area contributed by atoms with Crippen LogP contribution in [-0.2, 0) is 11.2 Å². The molecule has 2 heterocycles. The first-order valence-corrected chi connectivity index (χ1v) is 14.3. The number of fused-ring (bicyclic) bond motifs is 1. The first-order chi connectivity index (χ1) is 20.4. The van der Waals surface area contributed by atoms with Gasteiger partial charge >= 0.3 is 0 Å². The number of Topliss-reactive ketones (excluding diaryl/α,β-unsaturated/α-hetero) is 1. The van der Waals surface area contributed by atoms with Gasteiger partial charge in [-0.2, -0.15) is 0 Å². The third kappa shape index (κ3) is 5.65. The van der Waals surface area contributed by atoms with Gasteiger partial charge in [0.2, 0.25) is 0 Å². The molecule has 2 aliphatic heterocycles. The summed E-state index contributed by atoms with van der Waals surface area (Å²) in [6.07, 6.45) is 1.89. The minimum atomic E-state index is -0.477. The van der Waals surface area contributed by atoms with Crippen molar-refractivity contribution in [2.45, 2.75) is 56.3 Å². The molecule has 2 aliphatic rings. The number of ether oxygens (including phenoxy) is 3. The summed E-state index contributed by atoms with van der Waals surface area (Å²) < 4.78 is 18.7. The highest BCUT2D eigenvalue weighted by atomic mass is 16.5. The Hall–Kier alpha value is -4.49. The molecule has 0 bridgehead atoms. The van der Waals surface area contributed by atoms with Gasteiger partial charge in [0.05, 0.1) is 25.7 Å². The van der Waals surface area contributed by atoms with Gasteiger partial charge in [0.15, 0.2) is 5.78 Å². The first-order valence-electron chi connectivity index (χ1n) is 14.3. The quantitative estimate of drug-likeness (QED) is 0.218. The highest BCUT2D eigenvalue weighted by Gasteiger charge is 2.39. The van der Waals surface area contributed by atoms with Crippen molar-refractivity contribution in [1.82, 2.24) is 0 Å². The molecule has 1 saturated heterocycles.